The number of amides is 1. The zero-order chi connectivity index (χ0) is 22.6. The average molecular weight is 451 g/mol. The number of sulfonamides is 1. The molecule has 2 heterocycles. The highest BCUT2D eigenvalue weighted by atomic mass is 32.2. The number of nitrogens with one attached hydrogen (secondary N) is 2. The third-order valence-electron chi connectivity index (χ3n) is 5.64. The van der Waals surface area contributed by atoms with Crippen LogP contribution in [0.15, 0.2) is 65.8 Å². The molecule has 1 saturated heterocycles. The predicted octanol–water partition coefficient (Wildman–Crippen LogP) is 3.79. The minimum absolute atomic E-state index is 0.175. The van der Waals surface area contributed by atoms with Gasteiger partial charge in [-0.05, 0) is 68.3 Å². The number of carbonyl (C=O) groups is 1. The molecule has 2 aromatic carbocycles. The van der Waals surface area contributed by atoms with Crippen LogP contribution in [0, 0.1) is 0 Å². The lowest BCUT2D eigenvalue weighted by Gasteiger charge is -2.30. The van der Waals surface area contributed by atoms with Crippen molar-refractivity contribution in [3.8, 4) is 0 Å². The quantitative estimate of drug-likeness (QED) is 0.558. The third kappa shape index (κ3) is 4.81. The van der Waals surface area contributed by atoms with Gasteiger partial charge in [-0.15, -0.1) is 0 Å². The smallest absolute Gasteiger partial charge is 0.248 e. The normalized spacial score (nSPS) is 14.7. The summed E-state index contributed by atoms with van der Waals surface area (Å²) in [6.07, 6.45) is 10.3. The van der Waals surface area contributed by atoms with E-state index in [1.807, 2.05) is 12.1 Å². The zero-order valence-electron chi connectivity index (χ0n) is 17.9. The average Bonchev–Trinajstić information content (AvgIpc) is 2.84. The van der Waals surface area contributed by atoms with Crippen LogP contribution in [0.3, 0.4) is 0 Å². The number of piperidine rings is 1. The van der Waals surface area contributed by atoms with Gasteiger partial charge in [-0.2, -0.15) is 0 Å². The van der Waals surface area contributed by atoms with Gasteiger partial charge in [-0.3, -0.25) is 9.78 Å². The molecule has 0 radical (unpaired) electrons. The Hall–Kier alpha value is -3.23. The molecule has 0 saturated carbocycles. The molecule has 0 unspecified atom stereocenters. The maximum atomic E-state index is 12.6. The topological polar surface area (TPSA) is 91.4 Å². The highest BCUT2D eigenvalue weighted by molar-refractivity contribution is 7.89. The van der Waals surface area contributed by atoms with E-state index in [2.05, 4.69) is 26.0 Å². The van der Waals surface area contributed by atoms with Gasteiger partial charge in [-0.1, -0.05) is 12.1 Å². The largest absolute Gasteiger partial charge is 0.371 e. The molecule has 7 nitrogen and oxygen atoms in total. The summed E-state index contributed by atoms with van der Waals surface area (Å²) in [6.45, 7) is 2.08. The molecule has 1 aliphatic heterocycles. The van der Waals surface area contributed by atoms with Crippen molar-refractivity contribution >= 4 is 44.2 Å². The van der Waals surface area contributed by atoms with E-state index in [1.165, 1.54) is 50.2 Å². The van der Waals surface area contributed by atoms with Crippen molar-refractivity contribution in [3.63, 3.8) is 0 Å². The minimum atomic E-state index is -3.48. The molecular weight excluding hydrogens is 424 g/mol. The Bertz CT molecular complexity index is 1250. The fraction of sp³-hybridized carbons (Fsp3) is 0.250. The highest BCUT2D eigenvalue weighted by Crippen LogP contribution is 2.33. The Morgan fingerprint density at radius 2 is 1.75 bits per heavy atom. The van der Waals surface area contributed by atoms with Crippen LogP contribution in [0.2, 0.25) is 0 Å². The van der Waals surface area contributed by atoms with Gasteiger partial charge in [0.1, 0.15) is 0 Å². The summed E-state index contributed by atoms with van der Waals surface area (Å²) in [4.78, 5) is 19.4. The fourth-order valence-electron chi connectivity index (χ4n) is 3.92. The Morgan fingerprint density at radius 1 is 1.00 bits per heavy atom. The van der Waals surface area contributed by atoms with Crippen molar-refractivity contribution in [2.24, 2.45) is 0 Å². The number of rotatable bonds is 6. The molecule has 166 valence electrons. The van der Waals surface area contributed by atoms with Crippen molar-refractivity contribution in [1.82, 2.24) is 9.71 Å². The van der Waals surface area contributed by atoms with E-state index in [0.717, 1.165) is 29.4 Å². The molecule has 0 aliphatic carbocycles. The fourth-order valence-corrected chi connectivity index (χ4v) is 4.65. The number of hydrogen-bond acceptors (Lipinski definition) is 5. The van der Waals surface area contributed by atoms with Gasteiger partial charge in [0.2, 0.25) is 15.9 Å². The molecule has 1 amide bonds. The molecule has 2 N–H and O–H groups in total. The van der Waals surface area contributed by atoms with Crippen molar-refractivity contribution in [2.45, 2.75) is 24.2 Å². The molecule has 1 aromatic heterocycles. The van der Waals surface area contributed by atoms with Crippen LogP contribution in [0.25, 0.3) is 16.8 Å². The summed E-state index contributed by atoms with van der Waals surface area (Å²) >= 11 is 0. The lowest BCUT2D eigenvalue weighted by atomic mass is 10.1. The lowest BCUT2D eigenvalue weighted by molar-refractivity contribution is -0.111. The second-order valence-corrected chi connectivity index (χ2v) is 9.59. The van der Waals surface area contributed by atoms with E-state index in [-0.39, 0.29) is 10.8 Å². The van der Waals surface area contributed by atoms with E-state index in [1.54, 1.807) is 30.6 Å². The van der Waals surface area contributed by atoms with Gasteiger partial charge in [-0.25, -0.2) is 13.1 Å². The van der Waals surface area contributed by atoms with Crippen LogP contribution < -0.4 is 14.9 Å². The van der Waals surface area contributed by atoms with Gasteiger partial charge in [0.25, 0.3) is 0 Å². The molecule has 1 aliphatic rings. The number of fused-ring (bicyclic) bond motifs is 1. The monoisotopic (exact) mass is 450 g/mol. The predicted molar refractivity (Wildman–Crippen MR) is 128 cm³/mol. The van der Waals surface area contributed by atoms with Gasteiger partial charge < -0.3 is 10.2 Å². The van der Waals surface area contributed by atoms with Crippen LogP contribution in [0.5, 0.6) is 0 Å². The molecule has 0 bridgehead atoms. The summed E-state index contributed by atoms with van der Waals surface area (Å²) in [5.41, 5.74) is 2.60. The van der Waals surface area contributed by atoms with Crippen LogP contribution in [-0.4, -0.2) is 39.4 Å². The summed E-state index contributed by atoms with van der Waals surface area (Å²) in [5, 5.41) is 4.92. The Labute approximate surface area is 188 Å². The number of carbonyl (C=O) groups excluding carboxylic acids is 1. The first-order valence-electron chi connectivity index (χ1n) is 10.6. The third-order valence-corrected chi connectivity index (χ3v) is 7.07. The molecule has 1 fully saturated rings. The SMILES string of the molecule is CNS(=O)(=O)c1ccc(/C=C\C(=O)Nc2ccc(N3CCCCC3)c3ccncc23)cc1. The van der Waals surface area contributed by atoms with Gasteiger partial charge >= 0.3 is 0 Å². The molecule has 0 atom stereocenters. The van der Waals surface area contributed by atoms with Crippen molar-refractivity contribution < 1.29 is 13.2 Å². The highest BCUT2D eigenvalue weighted by Gasteiger charge is 2.15. The molecular formula is C24H26N4O3S. The van der Waals surface area contributed by atoms with Crippen molar-refractivity contribution in [1.29, 1.82) is 0 Å². The van der Waals surface area contributed by atoms with Gasteiger partial charge in [0.15, 0.2) is 0 Å². The standard InChI is InChI=1S/C24H26N4O3S/c1-25-32(30,31)19-8-5-18(6-9-19)7-12-24(29)27-22-10-11-23(28-15-3-2-4-16-28)20-13-14-26-17-21(20)22/h5-14,17,25H,2-4,15-16H2,1H3,(H,27,29)/b12-7-. The van der Waals surface area contributed by atoms with Gasteiger partial charge in [0, 0.05) is 48.0 Å². The van der Waals surface area contributed by atoms with Crippen molar-refractivity contribution in [2.75, 3.05) is 30.4 Å². The summed E-state index contributed by atoms with van der Waals surface area (Å²) in [5.74, 6) is -0.271. The van der Waals surface area contributed by atoms with Crippen LogP contribution >= 0.6 is 0 Å². The van der Waals surface area contributed by atoms with E-state index < -0.39 is 10.0 Å². The molecule has 3 aromatic rings. The molecule has 4 rings (SSSR count). The maximum Gasteiger partial charge on any atom is 0.248 e. The summed E-state index contributed by atoms with van der Waals surface area (Å²) < 4.78 is 25.9. The first-order chi connectivity index (χ1) is 15.5. The minimum Gasteiger partial charge on any atom is -0.371 e. The summed E-state index contributed by atoms with van der Waals surface area (Å²) in [7, 11) is -2.12. The van der Waals surface area contributed by atoms with Gasteiger partial charge in [0.05, 0.1) is 10.6 Å². The Kier molecular flexibility index (Phi) is 6.53. The number of benzene rings is 2. The Morgan fingerprint density at radius 3 is 2.47 bits per heavy atom. The lowest BCUT2D eigenvalue weighted by Crippen LogP contribution is -2.29. The number of anilines is 2. The van der Waals surface area contributed by atoms with Crippen LogP contribution in [0.1, 0.15) is 24.8 Å². The van der Waals surface area contributed by atoms with E-state index >= 15 is 0 Å². The summed E-state index contributed by atoms with van der Waals surface area (Å²) in [6, 6.07) is 12.3. The van der Waals surface area contributed by atoms with E-state index in [0.29, 0.717) is 5.69 Å². The molecule has 8 heteroatoms. The number of pyridine rings is 1. The number of hydrogen-bond donors (Lipinski definition) is 2. The zero-order valence-corrected chi connectivity index (χ0v) is 18.7. The van der Waals surface area contributed by atoms with Crippen LogP contribution in [-0.2, 0) is 14.8 Å². The second-order valence-electron chi connectivity index (χ2n) is 7.70. The Balaban J connectivity index is 1.51. The molecule has 32 heavy (non-hydrogen) atoms. The van der Waals surface area contributed by atoms with Crippen molar-refractivity contribution in [3.05, 3.63) is 66.5 Å². The molecule has 0 spiro atoms. The first-order valence-corrected chi connectivity index (χ1v) is 12.1. The number of nitrogens with zero attached hydrogens (tertiary/aromatic N) is 2. The van der Waals surface area contributed by atoms with E-state index in [9.17, 15) is 13.2 Å². The van der Waals surface area contributed by atoms with E-state index in [4.69, 9.17) is 0 Å². The van der Waals surface area contributed by atoms with Crippen LogP contribution in [0.4, 0.5) is 11.4 Å². The first kappa shape index (κ1) is 22.0. The second kappa shape index (κ2) is 9.50. The maximum absolute atomic E-state index is 12.6. The number of aromatic nitrogens is 1.